The van der Waals surface area contributed by atoms with E-state index in [1.54, 1.807) is 6.08 Å². The second-order valence-electron chi connectivity index (χ2n) is 4.04. The van der Waals surface area contributed by atoms with Crippen molar-refractivity contribution in [3.05, 3.63) is 47.0 Å². The minimum Gasteiger partial charge on any atom is -0.484 e. The number of nitro groups is 1. The van der Waals surface area contributed by atoms with E-state index < -0.39 is 10.8 Å². The molecule has 0 spiro atoms. The second kappa shape index (κ2) is 6.92. The fourth-order valence-electron chi connectivity index (χ4n) is 1.46. The van der Waals surface area contributed by atoms with Gasteiger partial charge in [-0.15, -0.1) is 11.7 Å². The smallest absolute Gasteiger partial charge is 0.270 e. The molecule has 0 bridgehead atoms. The number of hydrogen-bond acceptors (Lipinski definition) is 7. The molecule has 2 aromatic rings. The monoisotopic (exact) mass is 304 g/mol. The number of nitrogens with zero attached hydrogens (tertiary/aromatic N) is 5. The first-order valence-corrected chi connectivity index (χ1v) is 6.14. The molecular weight excluding hydrogens is 292 g/mol. The van der Waals surface area contributed by atoms with Crippen molar-refractivity contribution in [3.8, 4) is 5.75 Å². The Bertz CT molecular complexity index is 681. The third kappa shape index (κ3) is 4.10. The van der Waals surface area contributed by atoms with Gasteiger partial charge in [0.05, 0.1) is 11.5 Å². The van der Waals surface area contributed by atoms with Crippen LogP contribution in [0.1, 0.15) is 0 Å². The molecule has 0 radical (unpaired) electrons. The number of ether oxygens (including phenoxy) is 1. The van der Waals surface area contributed by atoms with E-state index in [0.29, 0.717) is 12.3 Å². The Morgan fingerprint density at radius 1 is 1.45 bits per heavy atom. The van der Waals surface area contributed by atoms with Gasteiger partial charge in [-0.2, -0.15) is 4.80 Å². The van der Waals surface area contributed by atoms with Gasteiger partial charge in [-0.25, -0.2) is 0 Å². The van der Waals surface area contributed by atoms with Gasteiger partial charge in [0.25, 0.3) is 17.5 Å². The number of hydrogen-bond donors (Lipinski definition) is 1. The van der Waals surface area contributed by atoms with Gasteiger partial charge in [-0.05, 0) is 17.3 Å². The summed E-state index contributed by atoms with van der Waals surface area (Å²) < 4.78 is 5.20. The van der Waals surface area contributed by atoms with Crippen molar-refractivity contribution >= 4 is 17.5 Å². The van der Waals surface area contributed by atoms with Gasteiger partial charge >= 0.3 is 0 Å². The molecule has 1 amide bonds. The Kier molecular flexibility index (Phi) is 4.75. The molecule has 0 saturated carbocycles. The molecule has 0 aliphatic heterocycles. The minimum atomic E-state index is -0.519. The van der Waals surface area contributed by atoms with Crippen LogP contribution < -0.4 is 10.1 Å². The number of benzene rings is 1. The zero-order chi connectivity index (χ0) is 15.9. The molecule has 1 heterocycles. The molecule has 0 unspecified atom stereocenters. The quantitative estimate of drug-likeness (QED) is 0.455. The lowest BCUT2D eigenvalue weighted by molar-refractivity contribution is -0.384. The lowest BCUT2D eigenvalue weighted by atomic mass is 10.3. The highest BCUT2D eigenvalue weighted by molar-refractivity contribution is 5.90. The van der Waals surface area contributed by atoms with Gasteiger partial charge in [0.15, 0.2) is 6.61 Å². The predicted molar refractivity (Wildman–Crippen MR) is 75.2 cm³/mol. The van der Waals surface area contributed by atoms with Crippen LogP contribution in [0.15, 0.2) is 36.9 Å². The van der Waals surface area contributed by atoms with Gasteiger partial charge in [-0.1, -0.05) is 11.2 Å². The number of rotatable bonds is 7. The molecule has 0 aliphatic rings. The molecule has 114 valence electrons. The number of non-ortho nitro benzene ring substituents is 1. The summed E-state index contributed by atoms with van der Waals surface area (Å²) in [5.74, 6) is -0.0836. The molecule has 22 heavy (non-hydrogen) atoms. The van der Waals surface area contributed by atoms with E-state index in [4.69, 9.17) is 4.74 Å². The molecule has 0 aliphatic carbocycles. The van der Waals surface area contributed by atoms with Gasteiger partial charge < -0.3 is 4.74 Å². The van der Waals surface area contributed by atoms with Crippen LogP contribution in [0.5, 0.6) is 5.75 Å². The van der Waals surface area contributed by atoms with Crippen LogP contribution in [0.2, 0.25) is 0 Å². The predicted octanol–water partition coefficient (Wildman–Crippen LogP) is 0.785. The van der Waals surface area contributed by atoms with E-state index in [1.165, 1.54) is 29.1 Å². The highest BCUT2D eigenvalue weighted by Gasteiger charge is 2.09. The van der Waals surface area contributed by atoms with Gasteiger partial charge in [0.2, 0.25) is 0 Å². The number of nitro benzene ring substituents is 1. The standard InChI is InChI=1S/C12H12N6O4/c1-2-7-17-15-12(14-16-17)13-11(19)8-22-10-5-3-9(4-6-10)18(20)21/h2-6H,1,7-8H2,(H,13,15,19). The second-order valence-corrected chi connectivity index (χ2v) is 4.04. The maximum absolute atomic E-state index is 11.6. The molecule has 2 rings (SSSR count). The maximum atomic E-state index is 11.6. The molecule has 10 nitrogen and oxygen atoms in total. The van der Waals surface area contributed by atoms with Crippen LogP contribution in [-0.4, -0.2) is 37.6 Å². The number of carbonyl (C=O) groups is 1. The molecule has 10 heteroatoms. The van der Waals surface area contributed by atoms with E-state index in [9.17, 15) is 14.9 Å². The van der Waals surface area contributed by atoms with Crippen LogP contribution >= 0.6 is 0 Å². The van der Waals surface area contributed by atoms with Crippen molar-refractivity contribution in [2.24, 2.45) is 0 Å². The van der Waals surface area contributed by atoms with Crippen molar-refractivity contribution in [2.45, 2.75) is 6.54 Å². The third-order valence-electron chi connectivity index (χ3n) is 2.41. The summed E-state index contributed by atoms with van der Waals surface area (Å²) in [7, 11) is 0. The zero-order valence-electron chi connectivity index (χ0n) is 11.4. The number of carbonyl (C=O) groups excluding carboxylic acids is 1. The van der Waals surface area contributed by atoms with Crippen LogP contribution in [0.25, 0.3) is 0 Å². The SMILES string of the molecule is C=CCn1nnc(NC(=O)COc2ccc([N+](=O)[O-])cc2)n1. The largest absolute Gasteiger partial charge is 0.484 e. The minimum absolute atomic E-state index is 0.0548. The van der Waals surface area contributed by atoms with Crippen molar-refractivity contribution < 1.29 is 14.5 Å². The molecule has 0 saturated heterocycles. The van der Waals surface area contributed by atoms with E-state index in [2.05, 4.69) is 27.3 Å². The van der Waals surface area contributed by atoms with Crippen molar-refractivity contribution in [1.82, 2.24) is 20.2 Å². The Morgan fingerprint density at radius 3 is 2.82 bits per heavy atom. The first-order valence-electron chi connectivity index (χ1n) is 6.14. The Balaban J connectivity index is 1.84. The Morgan fingerprint density at radius 2 is 2.18 bits per heavy atom. The summed E-state index contributed by atoms with van der Waals surface area (Å²) in [5, 5.41) is 24.1. The third-order valence-corrected chi connectivity index (χ3v) is 2.41. The first-order chi connectivity index (χ1) is 10.6. The number of nitrogens with one attached hydrogen (secondary N) is 1. The van der Waals surface area contributed by atoms with Crippen molar-refractivity contribution in [2.75, 3.05) is 11.9 Å². The molecule has 1 N–H and O–H groups in total. The summed E-state index contributed by atoms with van der Waals surface area (Å²) in [5.41, 5.74) is -0.0557. The average Bonchev–Trinajstić information content (AvgIpc) is 2.93. The van der Waals surface area contributed by atoms with Crippen LogP contribution in [0, 0.1) is 10.1 Å². The maximum Gasteiger partial charge on any atom is 0.270 e. The Hall–Kier alpha value is -3.30. The number of tetrazole rings is 1. The first kappa shape index (κ1) is 15.1. The topological polar surface area (TPSA) is 125 Å². The van der Waals surface area contributed by atoms with Crippen LogP contribution in [0.4, 0.5) is 11.6 Å². The van der Waals surface area contributed by atoms with Gasteiger partial charge in [-0.3, -0.25) is 20.2 Å². The fraction of sp³-hybridized carbons (Fsp3) is 0.167. The average molecular weight is 304 g/mol. The zero-order valence-corrected chi connectivity index (χ0v) is 11.4. The molecule has 0 fully saturated rings. The number of aromatic nitrogens is 4. The molecule has 1 aromatic heterocycles. The van der Waals surface area contributed by atoms with Crippen LogP contribution in [0.3, 0.4) is 0 Å². The highest BCUT2D eigenvalue weighted by atomic mass is 16.6. The number of amides is 1. The number of allylic oxidation sites excluding steroid dienone is 1. The van der Waals surface area contributed by atoms with Crippen molar-refractivity contribution in [1.29, 1.82) is 0 Å². The molecule has 0 atom stereocenters. The van der Waals surface area contributed by atoms with E-state index in [-0.39, 0.29) is 18.2 Å². The van der Waals surface area contributed by atoms with Gasteiger partial charge in [0.1, 0.15) is 5.75 Å². The lowest BCUT2D eigenvalue weighted by Crippen LogP contribution is -2.21. The molecule has 1 aromatic carbocycles. The summed E-state index contributed by atoms with van der Waals surface area (Å²) in [6.45, 7) is 3.62. The van der Waals surface area contributed by atoms with E-state index in [0.717, 1.165) is 0 Å². The Labute approximate surface area is 124 Å². The lowest BCUT2D eigenvalue weighted by Gasteiger charge is -2.04. The van der Waals surface area contributed by atoms with Crippen LogP contribution in [-0.2, 0) is 11.3 Å². The van der Waals surface area contributed by atoms with E-state index in [1.807, 2.05) is 0 Å². The van der Waals surface area contributed by atoms with E-state index >= 15 is 0 Å². The summed E-state index contributed by atoms with van der Waals surface area (Å²) in [6, 6.07) is 5.39. The highest BCUT2D eigenvalue weighted by Crippen LogP contribution is 2.17. The fourth-order valence-corrected chi connectivity index (χ4v) is 1.46. The molecular formula is C12H12N6O4. The van der Waals surface area contributed by atoms with Gasteiger partial charge in [0, 0.05) is 12.1 Å². The summed E-state index contributed by atoms with van der Waals surface area (Å²) in [4.78, 5) is 22.9. The normalized spacial score (nSPS) is 10.0. The number of anilines is 1. The summed E-state index contributed by atoms with van der Waals surface area (Å²) in [6.07, 6.45) is 1.59. The summed E-state index contributed by atoms with van der Waals surface area (Å²) >= 11 is 0. The van der Waals surface area contributed by atoms with Crippen molar-refractivity contribution in [3.63, 3.8) is 0 Å².